The summed E-state index contributed by atoms with van der Waals surface area (Å²) in [6, 6.07) is 1.95. The molecule has 0 fully saturated rings. The summed E-state index contributed by atoms with van der Waals surface area (Å²) in [7, 11) is 1.63. The van der Waals surface area contributed by atoms with Crippen molar-refractivity contribution in [3.05, 3.63) is 50.4 Å². The van der Waals surface area contributed by atoms with E-state index in [1.807, 2.05) is 31.4 Å². The molecule has 0 atom stereocenters. The molecule has 3 heterocycles. The molecule has 3 rings (SSSR count). The first kappa shape index (κ1) is 17.9. The molecule has 8 nitrogen and oxygen atoms in total. The predicted molar refractivity (Wildman–Crippen MR) is 101 cm³/mol. The van der Waals surface area contributed by atoms with E-state index >= 15 is 0 Å². The minimum atomic E-state index is -0.397. The molecule has 26 heavy (non-hydrogen) atoms. The number of allylic oxidation sites excluding steroid dienone is 1. The van der Waals surface area contributed by atoms with Crippen LogP contribution < -0.4 is 11.2 Å². The van der Waals surface area contributed by atoms with E-state index in [1.165, 1.54) is 9.13 Å². The van der Waals surface area contributed by atoms with Crippen LogP contribution in [0.5, 0.6) is 0 Å². The molecular weight excluding hydrogens is 332 g/mol. The van der Waals surface area contributed by atoms with E-state index in [4.69, 9.17) is 0 Å². The number of aromatic nitrogens is 6. The molecule has 0 unspecified atom stereocenters. The van der Waals surface area contributed by atoms with Crippen molar-refractivity contribution in [2.45, 2.75) is 47.2 Å². The molecule has 0 spiro atoms. The van der Waals surface area contributed by atoms with E-state index in [9.17, 15) is 9.59 Å². The third kappa shape index (κ3) is 2.71. The van der Waals surface area contributed by atoms with Crippen LogP contribution >= 0.6 is 0 Å². The molecule has 3 aromatic rings. The third-order valence-corrected chi connectivity index (χ3v) is 4.29. The zero-order valence-electron chi connectivity index (χ0n) is 15.9. The standard InChI is InChI=1S/C18H24N6O2/c1-7-8-22-14-15(19-17(22)24-13(5)9-12(4)20-24)21(6)18(26)23(16(14)25)10-11(2)3/h9H,2,7-8,10H2,1,3-6H3. The van der Waals surface area contributed by atoms with Crippen LogP contribution in [0, 0.1) is 13.8 Å². The van der Waals surface area contributed by atoms with Crippen LogP contribution in [0.4, 0.5) is 0 Å². The summed E-state index contributed by atoms with van der Waals surface area (Å²) in [6.45, 7) is 12.3. The Morgan fingerprint density at radius 3 is 2.46 bits per heavy atom. The third-order valence-electron chi connectivity index (χ3n) is 4.29. The van der Waals surface area contributed by atoms with Gasteiger partial charge in [-0.2, -0.15) is 10.1 Å². The van der Waals surface area contributed by atoms with Gasteiger partial charge < -0.3 is 4.57 Å². The lowest BCUT2D eigenvalue weighted by atomic mass is 10.3. The molecule has 0 aromatic carbocycles. The molecular formula is C18H24N6O2. The molecule has 8 heteroatoms. The maximum absolute atomic E-state index is 13.1. The minimum Gasteiger partial charge on any atom is -0.302 e. The van der Waals surface area contributed by atoms with Crippen molar-refractivity contribution in [2.75, 3.05) is 0 Å². The first-order valence-corrected chi connectivity index (χ1v) is 8.64. The molecule has 0 amide bonds. The lowest BCUT2D eigenvalue weighted by molar-refractivity contribution is 0.628. The Kier molecular flexibility index (Phi) is 4.43. The van der Waals surface area contributed by atoms with Gasteiger partial charge in [-0.25, -0.2) is 9.48 Å². The van der Waals surface area contributed by atoms with Crippen molar-refractivity contribution in [1.82, 2.24) is 28.5 Å². The van der Waals surface area contributed by atoms with Crippen molar-refractivity contribution in [1.29, 1.82) is 0 Å². The lowest BCUT2D eigenvalue weighted by Gasteiger charge is -2.10. The highest BCUT2D eigenvalue weighted by Gasteiger charge is 2.22. The van der Waals surface area contributed by atoms with Crippen LogP contribution in [0.15, 0.2) is 27.8 Å². The lowest BCUT2D eigenvalue weighted by Crippen LogP contribution is -2.39. The largest absolute Gasteiger partial charge is 0.332 e. The summed E-state index contributed by atoms with van der Waals surface area (Å²) >= 11 is 0. The quantitative estimate of drug-likeness (QED) is 0.652. The average Bonchev–Trinajstić information content (AvgIpc) is 3.09. The zero-order valence-corrected chi connectivity index (χ0v) is 15.9. The first-order chi connectivity index (χ1) is 12.3. The fraction of sp³-hybridized carbons (Fsp3) is 0.444. The Morgan fingerprint density at radius 2 is 1.92 bits per heavy atom. The second-order valence-electron chi connectivity index (χ2n) is 6.76. The Balaban J connectivity index is 2.44. The number of fused-ring (bicyclic) bond motifs is 1. The summed E-state index contributed by atoms with van der Waals surface area (Å²) < 4.78 is 6.20. The van der Waals surface area contributed by atoms with E-state index in [1.54, 1.807) is 18.7 Å². The maximum Gasteiger partial charge on any atom is 0.332 e. The highest BCUT2D eigenvalue weighted by Crippen LogP contribution is 2.17. The normalized spacial score (nSPS) is 11.4. The van der Waals surface area contributed by atoms with Crippen molar-refractivity contribution in [2.24, 2.45) is 7.05 Å². The van der Waals surface area contributed by atoms with E-state index < -0.39 is 5.69 Å². The fourth-order valence-corrected chi connectivity index (χ4v) is 3.20. The fourth-order valence-electron chi connectivity index (χ4n) is 3.20. The van der Waals surface area contributed by atoms with Crippen LogP contribution in [0.2, 0.25) is 0 Å². The van der Waals surface area contributed by atoms with Gasteiger partial charge >= 0.3 is 5.69 Å². The van der Waals surface area contributed by atoms with Crippen LogP contribution in [-0.2, 0) is 20.1 Å². The van der Waals surface area contributed by atoms with Crippen molar-refractivity contribution in [3.63, 3.8) is 0 Å². The van der Waals surface area contributed by atoms with E-state index in [2.05, 4.69) is 16.7 Å². The molecule has 0 saturated heterocycles. The Labute approximate surface area is 151 Å². The van der Waals surface area contributed by atoms with Gasteiger partial charge in [0.15, 0.2) is 11.2 Å². The van der Waals surface area contributed by atoms with Gasteiger partial charge in [-0.3, -0.25) is 13.9 Å². The van der Waals surface area contributed by atoms with Gasteiger partial charge in [-0.15, -0.1) is 0 Å². The minimum absolute atomic E-state index is 0.188. The molecule has 0 saturated carbocycles. The number of imidazole rings is 1. The molecule has 0 N–H and O–H groups in total. The summed E-state index contributed by atoms with van der Waals surface area (Å²) in [6.07, 6.45) is 0.820. The summed E-state index contributed by atoms with van der Waals surface area (Å²) in [5.74, 6) is 0.549. The van der Waals surface area contributed by atoms with Gasteiger partial charge in [-0.1, -0.05) is 19.1 Å². The number of hydrogen-bond donors (Lipinski definition) is 0. The van der Waals surface area contributed by atoms with Crippen molar-refractivity contribution in [3.8, 4) is 5.95 Å². The average molecular weight is 356 g/mol. The number of rotatable bonds is 5. The molecule has 0 aliphatic heterocycles. The van der Waals surface area contributed by atoms with Gasteiger partial charge in [0.25, 0.3) is 5.56 Å². The molecule has 0 bridgehead atoms. The highest BCUT2D eigenvalue weighted by molar-refractivity contribution is 5.72. The Hall–Kier alpha value is -2.90. The van der Waals surface area contributed by atoms with E-state index in [-0.39, 0.29) is 12.1 Å². The SMILES string of the molecule is C=C(C)Cn1c(=O)c2c(nc(-n3nc(C)cc3C)n2CCC)n(C)c1=O. The molecule has 0 aliphatic rings. The maximum atomic E-state index is 13.1. The first-order valence-electron chi connectivity index (χ1n) is 8.64. The van der Waals surface area contributed by atoms with Crippen molar-refractivity contribution < 1.29 is 0 Å². The van der Waals surface area contributed by atoms with Gasteiger partial charge in [-0.05, 0) is 33.3 Å². The smallest absolute Gasteiger partial charge is 0.302 e. The predicted octanol–water partition coefficient (Wildman–Crippen LogP) is 1.69. The molecule has 0 aliphatic carbocycles. The van der Waals surface area contributed by atoms with Crippen molar-refractivity contribution >= 4 is 11.2 Å². The van der Waals surface area contributed by atoms with Gasteiger partial charge in [0.05, 0.1) is 12.2 Å². The Morgan fingerprint density at radius 1 is 1.23 bits per heavy atom. The molecule has 138 valence electrons. The van der Waals surface area contributed by atoms with Gasteiger partial charge in [0.2, 0.25) is 5.95 Å². The van der Waals surface area contributed by atoms with E-state index in [0.717, 1.165) is 23.4 Å². The monoisotopic (exact) mass is 356 g/mol. The van der Waals surface area contributed by atoms with Gasteiger partial charge in [0.1, 0.15) is 0 Å². The van der Waals surface area contributed by atoms with Gasteiger partial charge in [0, 0.05) is 19.3 Å². The number of aryl methyl sites for hydroxylation is 4. The van der Waals surface area contributed by atoms with Crippen LogP contribution in [-0.4, -0.2) is 28.5 Å². The number of nitrogens with zero attached hydrogens (tertiary/aromatic N) is 6. The second kappa shape index (κ2) is 6.44. The van der Waals surface area contributed by atoms with Crippen LogP contribution in [0.3, 0.4) is 0 Å². The highest BCUT2D eigenvalue weighted by atomic mass is 16.2. The van der Waals surface area contributed by atoms with Crippen LogP contribution in [0.1, 0.15) is 31.7 Å². The number of hydrogen-bond acceptors (Lipinski definition) is 4. The Bertz CT molecular complexity index is 1130. The summed E-state index contributed by atoms with van der Waals surface area (Å²) in [5.41, 5.74) is 2.57. The summed E-state index contributed by atoms with van der Waals surface area (Å²) in [5, 5.41) is 4.49. The second-order valence-corrected chi connectivity index (χ2v) is 6.76. The molecule has 0 radical (unpaired) electrons. The topological polar surface area (TPSA) is 79.6 Å². The zero-order chi connectivity index (χ0) is 19.2. The van der Waals surface area contributed by atoms with E-state index in [0.29, 0.717) is 23.7 Å². The summed E-state index contributed by atoms with van der Waals surface area (Å²) in [4.78, 5) is 30.3. The molecule has 3 aromatic heterocycles. The van der Waals surface area contributed by atoms with Crippen LogP contribution in [0.25, 0.3) is 17.1 Å².